The van der Waals surface area contributed by atoms with E-state index in [2.05, 4.69) is 31.0 Å². The molecule has 134 valence electrons. The molecule has 25 heavy (non-hydrogen) atoms. The Morgan fingerprint density at radius 1 is 0.960 bits per heavy atom. The number of H-pyrrole nitrogens is 1. The Morgan fingerprint density at radius 3 is 2.16 bits per heavy atom. The predicted octanol–water partition coefficient (Wildman–Crippen LogP) is 3.12. The average molecular weight is 341 g/mol. The number of piperazine rings is 1. The van der Waals surface area contributed by atoms with Crippen molar-refractivity contribution in [1.29, 1.82) is 0 Å². The van der Waals surface area contributed by atoms with Crippen molar-refractivity contribution in [3.05, 3.63) is 35.0 Å². The molecule has 0 spiro atoms. The smallest absolute Gasteiger partial charge is 0.270 e. The van der Waals surface area contributed by atoms with Crippen molar-refractivity contribution < 1.29 is 9.59 Å². The first-order valence-corrected chi connectivity index (χ1v) is 8.85. The highest BCUT2D eigenvalue weighted by Gasteiger charge is 2.31. The second-order valence-corrected chi connectivity index (χ2v) is 8.06. The highest BCUT2D eigenvalue weighted by atomic mass is 16.2. The van der Waals surface area contributed by atoms with Gasteiger partial charge in [0.15, 0.2) is 0 Å². The van der Waals surface area contributed by atoms with Crippen molar-refractivity contribution in [2.45, 2.75) is 34.6 Å². The van der Waals surface area contributed by atoms with Crippen LogP contribution in [0.3, 0.4) is 0 Å². The number of nitrogens with zero attached hydrogens (tertiary/aromatic N) is 2. The number of aromatic amines is 1. The lowest BCUT2D eigenvalue weighted by Gasteiger charge is -2.37. The van der Waals surface area contributed by atoms with Crippen molar-refractivity contribution >= 4 is 22.7 Å². The molecule has 1 aromatic carbocycles. The van der Waals surface area contributed by atoms with E-state index in [9.17, 15) is 9.59 Å². The number of fused-ring (bicyclic) bond motifs is 1. The van der Waals surface area contributed by atoms with Crippen LogP contribution in [0.2, 0.25) is 0 Å². The van der Waals surface area contributed by atoms with Gasteiger partial charge >= 0.3 is 0 Å². The fraction of sp³-hybridized carbons (Fsp3) is 0.500. The Morgan fingerprint density at radius 2 is 1.56 bits per heavy atom. The van der Waals surface area contributed by atoms with Gasteiger partial charge in [-0.25, -0.2) is 0 Å². The maximum atomic E-state index is 12.8. The molecular weight excluding hydrogens is 314 g/mol. The molecular formula is C20H27N3O2. The maximum absolute atomic E-state index is 12.8. The second kappa shape index (κ2) is 6.21. The molecule has 0 saturated carbocycles. The molecule has 1 N–H and O–H groups in total. The van der Waals surface area contributed by atoms with Crippen LogP contribution in [-0.4, -0.2) is 52.8 Å². The molecule has 0 unspecified atom stereocenters. The summed E-state index contributed by atoms with van der Waals surface area (Å²) < 4.78 is 0. The largest absolute Gasteiger partial charge is 0.351 e. The molecule has 2 aromatic rings. The van der Waals surface area contributed by atoms with Crippen LogP contribution in [0.5, 0.6) is 0 Å². The number of rotatable bonds is 1. The van der Waals surface area contributed by atoms with E-state index in [-0.39, 0.29) is 17.2 Å². The minimum Gasteiger partial charge on any atom is -0.351 e. The molecule has 0 bridgehead atoms. The Hall–Kier alpha value is -2.30. The third kappa shape index (κ3) is 3.41. The third-order valence-electron chi connectivity index (χ3n) is 4.82. The van der Waals surface area contributed by atoms with Crippen LogP contribution < -0.4 is 0 Å². The van der Waals surface area contributed by atoms with E-state index in [0.29, 0.717) is 31.9 Å². The fourth-order valence-corrected chi connectivity index (χ4v) is 3.47. The van der Waals surface area contributed by atoms with E-state index < -0.39 is 0 Å². The molecule has 2 amide bonds. The summed E-state index contributed by atoms with van der Waals surface area (Å²) in [4.78, 5) is 32.2. The Bertz CT molecular complexity index is 821. The summed E-state index contributed by atoms with van der Waals surface area (Å²) in [6.07, 6.45) is 0. The highest BCUT2D eigenvalue weighted by molar-refractivity contribution is 5.99. The first kappa shape index (κ1) is 17.5. The summed E-state index contributed by atoms with van der Waals surface area (Å²) in [5.41, 5.74) is 3.60. The summed E-state index contributed by atoms with van der Waals surface area (Å²) in [5.74, 6) is 0.160. The number of aryl methyl sites for hydroxylation is 2. The van der Waals surface area contributed by atoms with Gasteiger partial charge in [0.2, 0.25) is 5.91 Å². The van der Waals surface area contributed by atoms with Gasteiger partial charge in [-0.15, -0.1) is 0 Å². The van der Waals surface area contributed by atoms with E-state index in [4.69, 9.17) is 0 Å². The van der Waals surface area contributed by atoms with Crippen LogP contribution in [0.25, 0.3) is 10.9 Å². The molecule has 1 fully saturated rings. The van der Waals surface area contributed by atoms with Crippen molar-refractivity contribution in [1.82, 2.24) is 14.8 Å². The zero-order chi connectivity index (χ0) is 18.4. The Kier molecular flexibility index (Phi) is 4.35. The van der Waals surface area contributed by atoms with Crippen LogP contribution in [0.1, 0.15) is 42.4 Å². The number of benzene rings is 1. The maximum Gasteiger partial charge on any atom is 0.270 e. The molecule has 2 heterocycles. The minimum absolute atomic E-state index is 0.0103. The number of hydrogen-bond donors (Lipinski definition) is 1. The normalized spacial score (nSPS) is 15.7. The number of amides is 2. The van der Waals surface area contributed by atoms with Crippen LogP contribution in [0.15, 0.2) is 18.2 Å². The molecule has 1 aliphatic heterocycles. The summed E-state index contributed by atoms with van der Waals surface area (Å²) in [6, 6.07) is 6.14. The standard InChI is InChI=1S/C20H27N3O2/c1-13-10-14(2)15-12-17(21-16(15)11-13)18(24)22-6-8-23(9-7-22)19(25)20(3,4)5/h10-12,21H,6-9H2,1-5H3. The molecule has 5 nitrogen and oxygen atoms in total. The summed E-state index contributed by atoms with van der Waals surface area (Å²) in [5, 5.41) is 1.09. The van der Waals surface area contributed by atoms with Gasteiger partial charge < -0.3 is 14.8 Å². The summed E-state index contributed by atoms with van der Waals surface area (Å²) >= 11 is 0. The molecule has 0 aliphatic carbocycles. The van der Waals surface area contributed by atoms with E-state index in [1.54, 1.807) is 0 Å². The Balaban J connectivity index is 1.73. The van der Waals surface area contributed by atoms with E-state index in [1.807, 2.05) is 36.6 Å². The van der Waals surface area contributed by atoms with Gasteiger partial charge in [0, 0.05) is 42.5 Å². The zero-order valence-electron chi connectivity index (χ0n) is 15.8. The monoisotopic (exact) mass is 341 g/mol. The predicted molar refractivity (Wildman–Crippen MR) is 99.7 cm³/mol. The highest BCUT2D eigenvalue weighted by Crippen LogP contribution is 2.23. The summed E-state index contributed by atoms with van der Waals surface area (Å²) in [7, 11) is 0. The van der Waals surface area contributed by atoms with E-state index >= 15 is 0 Å². The van der Waals surface area contributed by atoms with Crippen LogP contribution in [-0.2, 0) is 4.79 Å². The van der Waals surface area contributed by atoms with Crippen molar-refractivity contribution in [3.63, 3.8) is 0 Å². The number of hydrogen-bond acceptors (Lipinski definition) is 2. The SMILES string of the molecule is Cc1cc(C)c2cc(C(=O)N3CCN(C(=O)C(C)(C)C)CC3)[nH]c2c1. The Labute approximate surface area is 149 Å². The van der Waals surface area contributed by atoms with E-state index in [0.717, 1.165) is 10.9 Å². The first-order chi connectivity index (χ1) is 11.7. The first-order valence-electron chi connectivity index (χ1n) is 8.85. The van der Waals surface area contributed by atoms with Crippen molar-refractivity contribution in [2.75, 3.05) is 26.2 Å². The number of aromatic nitrogens is 1. The number of nitrogens with one attached hydrogen (secondary N) is 1. The topological polar surface area (TPSA) is 56.4 Å². The van der Waals surface area contributed by atoms with Crippen molar-refractivity contribution in [2.24, 2.45) is 5.41 Å². The van der Waals surface area contributed by atoms with Crippen molar-refractivity contribution in [3.8, 4) is 0 Å². The molecule has 1 saturated heterocycles. The zero-order valence-corrected chi connectivity index (χ0v) is 15.8. The molecule has 1 aromatic heterocycles. The third-order valence-corrected chi connectivity index (χ3v) is 4.82. The molecule has 3 rings (SSSR count). The van der Waals surface area contributed by atoms with Crippen LogP contribution >= 0.6 is 0 Å². The number of carbonyl (C=O) groups is 2. The van der Waals surface area contributed by atoms with Crippen LogP contribution in [0, 0.1) is 19.3 Å². The molecule has 0 atom stereocenters. The lowest BCUT2D eigenvalue weighted by molar-refractivity contribution is -0.140. The van der Waals surface area contributed by atoms with Gasteiger partial charge in [0.1, 0.15) is 5.69 Å². The van der Waals surface area contributed by atoms with Crippen LogP contribution in [0.4, 0.5) is 0 Å². The molecule has 5 heteroatoms. The molecule has 0 radical (unpaired) electrons. The average Bonchev–Trinajstić information content (AvgIpc) is 2.97. The van der Waals surface area contributed by atoms with E-state index in [1.165, 1.54) is 11.1 Å². The molecule has 1 aliphatic rings. The van der Waals surface area contributed by atoms with Gasteiger partial charge in [0.25, 0.3) is 5.91 Å². The lowest BCUT2D eigenvalue weighted by Crippen LogP contribution is -2.53. The summed E-state index contributed by atoms with van der Waals surface area (Å²) in [6.45, 7) is 12.3. The van der Waals surface area contributed by atoms with Gasteiger partial charge in [0.05, 0.1) is 0 Å². The van der Waals surface area contributed by atoms with Gasteiger partial charge in [-0.3, -0.25) is 9.59 Å². The minimum atomic E-state index is -0.376. The van der Waals surface area contributed by atoms with Gasteiger partial charge in [-0.1, -0.05) is 26.8 Å². The van der Waals surface area contributed by atoms with Gasteiger partial charge in [-0.2, -0.15) is 0 Å². The number of carbonyl (C=O) groups excluding carboxylic acids is 2. The fourth-order valence-electron chi connectivity index (χ4n) is 3.47. The van der Waals surface area contributed by atoms with Gasteiger partial charge in [-0.05, 0) is 37.1 Å². The lowest BCUT2D eigenvalue weighted by atomic mass is 9.94. The second-order valence-electron chi connectivity index (χ2n) is 8.06. The quantitative estimate of drug-likeness (QED) is 0.866.